The van der Waals surface area contributed by atoms with Crippen molar-refractivity contribution in [1.82, 2.24) is 14.1 Å². The Bertz CT molecular complexity index is 4660. The SMILES string of the molecule is [2H]c1c([2H])c([2H])c(-c2ccc3c(c2)n(-c2cccc(Oc4ccc5c6ccccc6n(-c6cc(C([2H])([2H])[2H])c(-c7c([2H])c([2H])c([2H])c([2H])c7[2H])cn6)c5c4)c2)[c-][n+]3-c2c(-c3cc(C(C)(C)C)cc(C(C)(C)C)c3)cc(C([2H])([2H])[2H])cc2C(C)(C)C)c([2H])c1[2H]. The molecule has 3 aromatic heterocycles. The Hall–Kier alpha value is -8.02. The largest absolute Gasteiger partial charge is 0.458 e. The second-order valence-corrected chi connectivity index (χ2v) is 21.7. The van der Waals surface area contributed by atoms with E-state index in [1.54, 1.807) is 41.0 Å². The average Bonchev–Trinajstić information content (AvgIpc) is 1.73. The predicted octanol–water partition coefficient (Wildman–Crippen LogP) is 17.5. The summed E-state index contributed by atoms with van der Waals surface area (Å²) >= 11 is 0. The van der Waals surface area contributed by atoms with E-state index in [0.29, 0.717) is 61.6 Å². The molecule has 3 heterocycles. The standard InChI is InChI=1S/C68H64N4O/c1-44-33-57(49-36-50(66(3,4)5)39-51(37-49)67(6,7)8)65(59(34-44)68(9,10)11)71-43-70(63-38-48(29-32-61(63)71)46-21-14-12-15-22-46)52-25-20-26-53(40-52)73-54-30-31-56-55-27-18-19-28-60(55)72(62(56)41-54)64-35-45(2)58(42-69-64)47-23-16-13-17-24-47/h12-42H,1-11H3/i1D3,2D3,12D,13D,14D,15D,16D,17D,21D,22D,23D,24D. The van der Waals surface area contributed by atoms with Gasteiger partial charge in [0.2, 0.25) is 0 Å². The van der Waals surface area contributed by atoms with E-state index in [9.17, 15) is 0 Å². The summed E-state index contributed by atoms with van der Waals surface area (Å²) in [5.41, 5.74) is 6.45. The molecule has 0 aliphatic heterocycles. The first-order chi connectivity index (χ1) is 41.4. The van der Waals surface area contributed by atoms with E-state index < -0.39 is 67.5 Å². The van der Waals surface area contributed by atoms with Crippen LogP contribution in [0.25, 0.3) is 83.4 Å². The van der Waals surface area contributed by atoms with Crippen molar-refractivity contribution in [2.75, 3.05) is 0 Å². The van der Waals surface area contributed by atoms with Crippen molar-refractivity contribution in [3.63, 3.8) is 0 Å². The topological polar surface area (TPSA) is 35.9 Å². The van der Waals surface area contributed by atoms with Gasteiger partial charge in [-0.3, -0.25) is 13.7 Å². The number of hydrogen-bond acceptors (Lipinski definition) is 2. The second-order valence-electron chi connectivity index (χ2n) is 21.7. The Labute approximate surface area is 453 Å². The Morgan fingerprint density at radius 1 is 0.548 bits per heavy atom. The molecule has 0 fully saturated rings. The molecule has 0 amide bonds. The lowest BCUT2D eigenvalue weighted by atomic mass is 9.77. The number of benzene rings is 8. The molecule has 8 aromatic carbocycles. The monoisotopic (exact) mass is 969 g/mol. The molecule has 11 rings (SSSR count). The Morgan fingerprint density at radius 3 is 1.95 bits per heavy atom. The van der Waals surface area contributed by atoms with Gasteiger partial charge >= 0.3 is 0 Å². The fraction of sp³-hybridized carbons (Fsp3) is 0.206. The number of nitrogens with zero attached hydrogens (tertiary/aromatic N) is 4. The highest BCUT2D eigenvalue weighted by Gasteiger charge is 2.28. The summed E-state index contributed by atoms with van der Waals surface area (Å²) in [7, 11) is 0. The lowest BCUT2D eigenvalue weighted by molar-refractivity contribution is -0.572. The molecular formula is C68H64N4O. The molecule has 0 unspecified atom stereocenters. The number of aromatic nitrogens is 4. The number of imidazole rings is 1. The summed E-state index contributed by atoms with van der Waals surface area (Å²) in [5.74, 6) is 0.947. The number of hydrogen-bond donors (Lipinski definition) is 0. The van der Waals surface area contributed by atoms with Gasteiger partial charge in [-0.1, -0.05) is 195 Å². The van der Waals surface area contributed by atoms with Crippen molar-refractivity contribution < 1.29 is 31.2 Å². The smallest absolute Gasteiger partial charge is 0.269 e. The van der Waals surface area contributed by atoms with Gasteiger partial charge in [0, 0.05) is 36.8 Å². The van der Waals surface area contributed by atoms with Crippen LogP contribution in [0.5, 0.6) is 11.5 Å². The van der Waals surface area contributed by atoms with Crippen LogP contribution in [0.3, 0.4) is 0 Å². The minimum absolute atomic E-state index is 0.00343. The quantitative estimate of drug-likeness (QED) is 0.112. The zero-order valence-electron chi connectivity index (χ0n) is 58.3. The van der Waals surface area contributed by atoms with Gasteiger partial charge in [-0.05, 0) is 129 Å². The van der Waals surface area contributed by atoms with Gasteiger partial charge in [-0.25, -0.2) is 4.98 Å². The maximum absolute atomic E-state index is 9.03. The molecule has 0 atom stereocenters. The minimum atomic E-state index is -2.81. The van der Waals surface area contributed by atoms with E-state index in [2.05, 4.69) is 66.1 Å². The normalized spacial score (nSPS) is 15.8. The van der Waals surface area contributed by atoms with Gasteiger partial charge in [0.15, 0.2) is 0 Å². The number of ether oxygens (including phenoxy) is 1. The molecule has 0 bridgehead atoms. The van der Waals surface area contributed by atoms with Crippen molar-refractivity contribution in [3.05, 3.63) is 222 Å². The molecule has 11 aromatic rings. The Kier molecular flexibility index (Phi) is 7.89. The Balaban J connectivity index is 1.12. The summed E-state index contributed by atoms with van der Waals surface area (Å²) in [6.45, 7) is 13.7. The second kappa shape index (κ2) is 17.9. The summed E-state index contributed by atoms with van der Waals surface area (Å²) in [6, 6.07) is 31.8. The highest BCUT2D eigenvalue weighted by atomic mass is 16.5. The van der Waals surface area contributed by atoms with E-state index in [-0.39, 0.29) is 56.5 Å². The molecular weight excluding hydrogens is 889 g/mol. The fourth-order valence-corrected chi connectivity index (χ4v) is 9.57. The molecule has 0 aliphatic rings. The molecule has 5 heteroatoms. The molecule has 0 saturated heterocycles. The first-order valence-corrected chi connectivity index (χ1v) is 24.3. The lowest BCUT2D eigenvalue weighted by Crippen LogP contribution is -2.35. The van der Waals surface area contributed by atoms with Gasteiger partial charge in [-0.15, -0.1) is 0 Å². The van der Waals surface area contributed by atoms with E-state index in [1.807, 2.05) is 90.6 Å². The van der Waals surface area contributed by atoms with Crippen LogP contribution < -0.4 is 9.30 Å². The maximum Gasteiger partial charge on any atom is 0.269 e. The van der Waals surface area contributed by atoms with Gasteiger partial charge in [-0.2, -0.15) is 0 Å². The van der Waals surface area contributed by atoms with E-state index >= 15 is 0 Å². The van der Waals surface area contributed by atoms with Gasteiger partial charge in [0.25, 0.3) is 6.33 Å². The van der Waals surface area contributed by atoms with Crippen LogP contribution in [0, 0.1) is 20.0 Å². The van der Waals surface area contributed by atoms with Crippen LogP contribution >= 0.6 is 0 Å². The first kappa shape index (κ1) is 32.1. The van der Waals surface area contributed by atoms with Crippen LogP contribution in [-0.2, 0) is 16.2 Å². The van der Waals surface area contributed by atoms with Crippen LogP contribution in [-0.4, -0.2) is 14.1 Å². The number of aryl methyl sites for hydroxylation is 2. The summed E-state index contributed by atoms with van der Waals surface area (Å²) in [6.07, 6.45) is 4.91. The summed E-state index contributed by atoms with van der Waals surface area (Å²) < 4.78 is 150. The first-order valence-electron chi connectivity index (χ1n) is 32.3. The number of pyridine rings is 1. The molecule has 0 N–H and O–H groups in total. The Morgan fingerprint density at radius 2 is 1.25 bits per heavy atom. The molecule has 5 nitrogen and oxygen atoms in total. The predicted molar refractivity (Wildman–Crippen MR) is 304 cm³/mol. The van der Waals surface area contributed by atoms with Crippen LogP contribution in [0.4, 0.5) is 0 Å². The zero-order chi connectivity index (χ0) is 64.7. The van der Waals surface area contributed by atoms with E-state index in [4.69, 9.17) is 31.7 Å². The minimum Gasteiger partial charge on any atom is -0.458 e. The van der Waals surface area contributed by atoms with E-state index in [1.165, 1.54) is 12.3 Å². The van der Waals surface area contributed by atoms with Gasteiger partial charge in [0.05, 0.1) is 47.1 Å². The highest BCUT2D eigenvalue weighted by Crippen LogP contribution is 2.41. The van der Waals surface area contributed by atoms with Crippen molar-refractivity contribution in [3.8, 4) is 62.1 Å². The van der Waals surface area contributed by atoms with Crippen LogP contribution in [0.2, 0.25) is 0 Å². The molecule has 0 radical (unpaired) electrons. The average molecular weight is 969 g/mol. The summed E-state index contributed by atoms with van der Waals surface area (Å²) in [4.78, 5) is 4.73. The van der Waals surface area contributed by atoms with Crippen molar-refractivity contribution in [2.24, 2.45) is 0 Å². The molecule has 0 aliphatic carbocycles. The zero-order valence-corrected chi connectivity index (χ0v) is 42.3. The molecule has 0 spiro atoms. The highest BCUT2D eigenvalue weighted by molar-refractivity contribution is 6.09. The molecule has 362 valence electrons. The summed E-state index contributed by atoms with van der Waals surface area (Å²) in [5, 5.41) is 1.60. The van der Waals surface area contributed by atoms with Crippen LogP contribution in [0.1, 0.15) is 112 Å². The van der Waals surface area contributed by atoms with Crippen molar-refractivity contribution >= 4 is 32.8 Å². The third kappa shape index (κ3) is 8.92. The van der Waals surface area contributed by atoms with Gasteiger partial charge < -0.3 is 4.74 Å². The third-order valence-electron chi connectivity index (χ3n) is 13.4. The molecule has 73 heavy (non-hydrogen) atoms. The fourth-order valence-electron chi connectivity index (χ4n) is 9.57. The third-order valence-corrected chi connectivity index (χ3v) is 13.4. The number of fused-ring (bicyclic) bond motifs is 4. The van der Waals surface area contributed by atoms with Crippen molar-refractivity contribution in [2.45, 2.75) is 92.3 Å². The van der Waals surface area contributed by atoms with Crippen molar-refractivity contribution in [1.29, 1.82) is 0 Å². The van der Waals surface area contributed by atoms with Crippen LogP contribution in [0.15, 0.2) is 188 Å². The number of para-hydroxylation sites is 1. The van der Waals surface area contributed by atoms with E-state index in [0.717, 1.165) is 27.5 Å². The lowest BCUT2D eigenvalue weighted by Gasteiger charge is -2.29. The van der Waals surface area contributed by atoms with Gasteiger partial charge in [0.1, 0.15) is 17.3 Å². The molecule has 0 saturated carbocycles. The number of rotatable bonds is 8. The maximum atomic E-state index is 9.03.